The van der Waals surface area contributed by atoms with E-state index in [9.17, 15) is 4.79 Å². The lowest BCUT2D eigenvalue weighted by Gasteiger charge is -2.09. The summed E-state index contributed by atoms with van der Waals surface area (Å²) in [5, 5.41) is 8.59. The van der Waals surface area contributed by atoms with Crippen molar-refractivity contribution in [1.82, 2.24) is 9.78 Å². The van der Waals surface area contributed by atoms with Gasteiger partial charge in [0.1, 0.15) is 19.4 Å². The van der Waals surface area contributed by atoms with Gasteiger partial charge in [0, 0.05) is 22.7 Å². The van der Waals surface area contributed by atoms with Gasteiger partial charge in [-0.1, -0.05) is 28.4 Å². The summed E-state index contributed by atoms with van der Waals surface area (Å²) in [5.41, 5.74) is 1.26. The first-order valence-corrected chi connectivity index (χ1v) is 7.56. The van der Waals surface area contributed by atoms with Crippen molar-refractivity contribution in [2.45, 2.75) is 13.5 Å². The molecule has 1 aromatic heterocycles. The largest absolute Gasteiger partial charge is 0.482 e. The Morgan fingerprint density at radius 3 is 2.88 bits per heavy atom. The molecule has 0 radical (unpaired) electrons. The van der Waals surface area contributed by atoms with Gasteiger partial charge in [-0.3, -0.25) is 0 Å². The van der Waals surface area contributed by atoms with Crippen LogP contribution in [0.3, 0.4) is 0 Å². The third-order valence-electron chi connectivity index (χ3n) is 2.96. The monoisotopic (exact) mass is 371 g/mol. The molecule has 128 valence electrons. The molecule has 2 aromatic rings. The number of nitrogens with zero attached hydrogens (tertiary/aromatic N) is 3. The first-order chi connectivity index (χ1) is 11.4. The molecule has 0 saturated carbocycles. The lowest BCUT2D eigenvalue weighted by Crippen LogP contribution is -2.12. The number of carbonyl (C=O) groups excluding carboxylic acids is 1. The minimum absolute atomic E-state index is 0.142. The van der Waals surface area contributed by atoms with Crippen molar-refractivity contribution in [2.75, 3.05) is 7.11 Å². The maximum Gasteiger partial charge on any atom is 0.359 e. The van der Waals surface area contributed by atoms with Crippen LogP contribution in [0.2, 0.25) is 10.0 Å². The highest BCUT2D eigenvalue weighted by Crippen LogP contribution is 2.32. The lowest BCUT2D eigenvalue weighted by molar-refractivity contribution is -0.127. The number of aromatic nitrogens is 2. The molecule has 1 aromatic carbocycles. The van der Waals surface area contributed by atoms with E-state index in [0.29, 0.717) is 27.1 Å². The minimum atomic E-state index is -0.717. The summed E-state index contributed by atoms with van der Waals surface area (Å²) in [7, 11) is 2.95. The van der Waals surface area contributed by atoms with Gasteiger partial charge in [0.25, 0.3) is 5.88 Å². The number of esters is 1. The van der Waals surface area contributed by atoms with Crippen molar-refractivity contribution >= 4 is 35.4 Å². The molecule has 24 heavy (non-hydrogen) atoms. The molecule has 0 amide bonds. The number of halogens is 2. The number of ether oxygens (including phenoxy) is 2. The van der Waals surface area contributed by atoms with Crippen molar-refractivity contribution in [1.29, 1.82) is 0 Å². The van der Waals surface area contributed by atoms with Gasteiger partial charge in [-0.2, -0.15) is 5.10 Å². The van der Waals surface area contributed by atoms with Crippen LogP contribution in [-0.2, 0) is 23.3 Å². The average Bonchev–Trinajstić information content (AvgIpc) is 2.80. The summed E-state index contributed by atoms with van der Waals surface area (Å²) in [5.74, 6) is -0.239. The summed E-state index contributed by atoms with van der Waals surface area (Å²) >= 11 is 12.1. The Kier molecular flexibility index (Phi) is 6.05. The fraction of sp³-hybridized carbons (Fsp3) is 0.267. The smallest absolute Gasteiger partial charge is 0.359 e. The van der Waals surface area contributed by atoms with Crippen LogP contribution in [-0.4, -0.2) is 29.1 Å². The molecule has 0 aliphatic carbocycles. The Morgan fingerprint density at radius 2 is 2.17 bits per heavy atom. The van der Waals surface area contributed by atoms with Crippen molar-refractivity contribution < 1.29 is 19.1 Å². The highest BCUT2D eigenvalue weighted by atomic mass is 35.5. The number of aryl methyl sites for hydroxylation is 2. The number of hydrogen-bond acceptors (Lipinski definition) is 6. The lowest BCUT2D eigenvalue weighted by atomic mass is 10.2. The molecular weight excluding hydrogens is 357 g/mol. The molecule has 0 bridgehead atoms. The number of benzene rings is 1. The zero-order valence-corrected chi connectivity index (χ0v) is 14.8. The summed E-state index contributed by atoms with van der Waals surface area (Å²) in [4.78, 5) is 16.1. The van der Waals surface area contributed by atoms with E-state index in [4.69, 9.17) is 32.7 Å². The van der Waals surface area contributed by atoms with Crippen LogP contribution in [0.15, 0.2) is 23.4 Å². The summed E-state index contributed by atoms with van der Waals surface area (Å²) < 4.78 is 12.3. The van der Waals surface area contributed by atoms with Crippen LogP contribution in [0.4, 0.5) is 0 Å². The van der Waals surface area contributed by atoms with Crippen molar-refractivity contribution in [3.63, 3.8) is 0 Å². The second-order valence-corrected chi connectivity index (χ2v) is 5.55. The van der Waals surface area contributed by atoms with Gasteiger partial charge in [-0.15, -0.1) is 0 Å². The first-order valence-electron chi connectivity index (χ1n) is 6.81. The van der Waals surface area contributed by atoms with Gasteiger partial charge in [-0.25, -0.2) is 9.48 Å². The molecule has 0 spiro atoms. The fourth-order valence-corrected chi connectivity index (χ4v) is 2.28. The third-order valence-corrected chi connectivity index (χ3v) is 3.56. The van der Waals surface area contributed by atoms with E-state index in [0.717, 1.165) is 6.21 Å². The topological polar surface area (TPSA) is 74.9 Å². The minimum Gasteiger partial charge on any atom is -0.482 e. The van der Waals surface area contributed by atoms with E-state index >= 15 is 0 Å². The first kappa shape index (κ1) is 18.1. The molecule has 0 aliphatic rings. The van der Waals surface area contributed by atoms with Crippen LogP contribution in [0.1, 0.15) is 11.3 Å². The van der Waals surface area contributed by atoms with E-state index < -0.39 is 5.97 Å². The molecule has 0 unspecified atom stereocenters. The van der Waals surface area contributed by atoms with Crippen molar-refractivity contribution in [3.05, 3.63) is 39.5 Å². The normalized spacial score (nSPS) is 10.9. The molecule has 0 saturated heterocycles. The van der Waals surface area contributed by atoms with Crippen LogP contribution < -0.4 is 9.47 Å². The molecule has 2 rings (SSSR count). The number of hydrogen-bond donors (Lipinski definition) is 0. The molecule has 7 nitrogen and oxygen atoms in total. The SMILES string of the molecule is CON=CC(=O)Oc1c(OCc2cc(Cl)ccc2Cl)c(C)nn1C. The Morgan fingerprint density at radius 1 is 1.42 bits per heavy atom. The Balaban J connectivity index is 2.19. The van der Waals surface area contributed by atoms with E-state index in [1.165, 1.54) is 11.8 Å². The standard InChI is InChI=1S/C15H15Cl2N3O4/c1-9-14(23-8-10-6-11(16)4-5-12(10)17)15(20(2)19-9)24-13(21)7-18-22-3/h4-7H,8H2,1-3H3. The van der Waals surface area contributed by atoms with Crippen LogP contribution >= 0.6 is 23.2 Å². The number of carbonyl (C=O) groups is 1. The van der Waals surface area contributed by atoms with Crippen LogP contribution in [0, 0.1) is 6.92 Å². The molecule has 0 atom stereocenters. The third kappa shape index (κ3) is 4.39. The maximum atomic E-state index is 11.7. The molecule has 9 heteroatoms. The Labute approximate surface area is 148 Å². The average molecular weight is 372 g/mol. The van der Waals surface area contributed by atoms with Crippen LogP contribution in [0.25, 0.3) is 0 Å². The van der Waals surface area contributed by atoms with Gasteiger partial charge in [0.2, 0.25) is 5.75 Å². The summed E-state index contributed by atoms with van der Waals surface area (Å²) in [6, 6.07) is 5.07. The van der Waals surface area contributed by atoms with Gasteiger partial charge < -0.3 is 14.3 Å². The number of rotatable bonds is 6. The quantitative estimate of drug-likeness (QED) is 0.442. The summed E-state index contributed by atoms with van der Waals surface area (Å²) in [6.07, 6.45) is 0.903. The van der Waals surface area contributed by atoms with Gasteiger partial charge in [0.05, 0.1) is 0 Å². The molecule has 0 aliphatic heterocycles. The predicted molar refractivity (Wildman–Crippen MR) is 89.9 cm³/mol. The number of oxime groups is 1. The summed E-state index contributed by atoms with van der Waals surface area (Å²) in [6.45, 7) is 1.87. The van der Waals surface area contributed by atoms with E-state index in [1.54, 1.807) is 32.2 Å². The van der Waals surface area contributed by atoms with E-state index in [-0.39, 0.29) is 12.5 Å². The molecule has 0 fully saturated rings. The molecule has 0 N–H and O–H groups in total. The zero-order chi connectivity index (χ0) is 17.7. The van der Waals surface area contributed by atoms with Crippen molar-refractivity contribution in [3.8, 4) is 11.6 Å². The highest BCUT2D eigenvalue weighted by molar-refractivity contribution is 6.33. The second-order valence-electron chi connectivity index (χ2n) is 4.71. The molecule has 1 heterocycles. The van der Waals surface area contributed by atoms with Gasteiger partial charge in [0.15, 0.2) is 6.21 Å². The Hall–Kier alpha value is -2.25. The zero-order valence-electron chi connectivity index (χ0n) is 13.2. The van der Waals surface area contributed by atoms with Crippen molar-refractivity contribution in [2.24, 2.45) is 12.2 Å². The highest BCUT2D eigenvalue weighted by Gasteiger charge is 2.19. The second kappa shape index (κ2) is 8.03. The Bertz CT molecular complexity index is 774. The van der Waals surface area contributed by atoms with E-state index in [2.05, 4.69) is 15.1 Å². The maximum absolute atomic E-state index is 11.7. The van der Waals surface area contributed by atoms with E-state index in [1.807, 2.05) is 0 Å². The molecular formula is C15H15Cl2N3O4. The fourth-order valence-electron chi connectivity index (χ4n) is 1.92. The van der Waals surface area contributed by atoms with Gasteiger partial charge in [-0.05, 0) is 25.1 Å². The van der Waals surface area contributed by atoms with Gasteiger partial charge >= 0.3 is 5.97 Å². The predicted octanol–water partition coefficient (Wildman–Crippen LogP) is 3.15. The van der Waals surface area contributed by atoms with Crippen LogP contribution in [0.5, 0.6) is 11.6 Å².